The number of piperidine rings is 1. The zero-order valence-corrected chi connectivity index (χ0v) is 16.9. The third-order valence-electron chi connectivity index (χ3n) is 5.84. The van der Waals surface area contributed by atoms with E-state index in [1.165, 1.54) is 37.9 Å². The fourth-order valence-electron chi connectivity index (χ4n) is 4.22. The van der Waals surface area contributed by atoms with Crippen molar-refractivity contribution in [1.29, 1.82) is 0 Å². The molecule has 2 aromatic rings. The second-order valence-corrected chi connectivity index (χ2v) is 8.00. The van der Waals surface area contributed by atoms with Gasteiger partial charge in [-0.15, -0.1) is 0 Å². The van der Waals surface area contributed by atoms with E-state index in [-0.39, 0.29) is 11.8 Å². The summed E-state index contributed by atoms with van der Waals surface area (Å²) in [6.45, 7) is 4.55. The normalized spacial score (nSPS) is 17.5. The predicted octanol–water partition coefficient (Wildman–Crippen LogP) is 3.73. The lowest BCUT2D eigenvalue weighted by Gasteiger charge is -2.26. The summed E-state index contributed by atoms with van der Waals surface area (Å²) in [5.74, 6) is -0.0489. The number of benzene rings is 2. The number of rotatable bonds is 6. The number of hydrogen-bond acceptors (Lipinski definition) is 3. The summed E-state index contributed by atoms with van der Waals surface area (Å²) in [4.78, 5) is 29.1. The molecule has 0 aliphatic carbocycles. The van der Waals surface area contributed by atoms with Gasteiger partial charge in [0.05, 0.1) is 11.3 Å². The Labute approximate surface area is 172 Å². The number of hydrogen-bond donors (Lipinski definition) is 1. The van der Waals surface area contributed by atoms with Gasteiger partial charge in [-0.1, -0.05) is 42.8 Å². The lowest BCUT2D eigenvalue weighted by Crippen LogP contribution is -2.29. The molecule has 0 radical (unpaired) electrons. The molecule has 2 aromatic carbocycles. The van der Waals surface area contributed by atoms with E-state index in [0.717, 1.165) is 18.5 Å². The van der Waals surface area contributed by atoms with Gasteiger partial charge in [0.15, 0.2) is 0 Å². The highest BCUT2D eigenvalue weighted by molar-refractivity contribution is 6.05. The maximum absolute atomic E-state index is 12.8. The van der Waals surface area contributed by atoms with Crippen LogP contribution < -0.4 is 10.2 Å². The minimum absolute atomic E-state index is 0.0922. The highest BCUT2D eigenvalue weighted by atomic mass is 16.2. The van der Waals surface area contributed by atoms with Crippen molar-refractivity contribution >= 4 is 17.5 Å². The minimum atomic E-state index is -0.141. The predicted molar refractivity (Wildman–Crippen MR) is 115 cm³/mol. The standard InChI is InChI=1S/C24H29N3O2/c28-23-9-6-16-27(23)22-8-3-2-7-21(22)24(29)25-17-19-10-12-20(13-11-19)18-26-14-4-1-5-15-26/h2-3,7-8,10-13H,1,4-6,9,14-18H2,(H,25,29). The van der Waals surface area contributed by atoms with Crippen LogP contribution in [0.1, 0.15) is 53.6 Å². The number of anilines is 1. The van der Waals surface area contributed by atoms with Crippen LogP contribution in [0.3, 0.4) is 0 Å². The van der Waals surface area contributed by atoms with Crippen LogP contribution in [0.15, 0.2) is 48.5 Å². The van der Waals surface area contributed by atoms with Gasteiger partial charge in [0.25, 0.3) is 5.91 Å². The van der Waals surface area contributed by atoms with Crippen molar-refractivity contribution in [1.82, 2.24) is 10.2 Å². The lowest BCUT2D eigenvalue weighted by atomic mass is 10.1. The van der Waals surface area contributed by atoms with Crippen LogP contribution in [0.2, 0.25) is 0 Å². The molecule has 2 fully saturated rings. The Bertz CT molecular complexity index is 857. The van der Waals surface area contributed by atoms with Crippen LogP contribution in [0.25, 0.3) is 0 Å². The van der Waals surface area contributed by atoms with Crippen LogP contribution in [-0.4, -0.2) is 36.3 Å². The van der Waals surface area contributed by atoms with E-state index in [9.17, 15) is 9.59 Å². The molecule has 152 valence electrons. The minimum Gasteiger partial charge on any atom is -0.348 e. The zero-order valence-electron chi connectivity index (χ0n) is 16.9. The van der Waals surface area contributed by atoms with E-state index >= 15 is 0 Å². The number of carbonyl (C=O) groups excluding carboxylic acids is 2. The molecule has 5 heteroatoms. The maximum atomic E-state index is 12.8. The van der Waals surface area contributed by atoms with Crippen molar-refractivity contribution < 1.29 is 9.59 Å². The van der Waals surface area contributed by atoms with E-state index in [2.05, 4.69) is 34.5 Å². The van der Waals surface area contributed by atoms with E-state index in [1.807, 2.05) is 18.2 Å². The van der Waals surface area contributed by atoms with Crippen molar-refractivity contribution in [2.45, 2.75) is 45.2 Å². The van der Waals surface area contributed by atoms with Crippen molar-refractivity contribution in [3.05, 3.63) is 65.2 Å². The maximum Gasteiger partial charge on any atom is 0.253 e. The fraction of sp³-hybridized carbons (Fsp3) is 0.417. The SMILES string of the molecule is O=C(NCc1ccc(CN2CCCCC2)cc1)c1ccccc1N1CCCC1=O. The second kappa shape index (κ2) is 9.23. The van der Waals surface area contributed by atoms with Crippen molar-refractivity contribution in [2.75, 3.05) is 24.5 Å². The Balaban J connectivity index is 1.36. The molecule has 5 nitrogen and oxygen atoms in total. The quantitative estimate of drug-likeness (QED) is 0.816. The van der Waals surface area contributed by atoms with Gasteiger partial charge >= 0.3 is 0 Å². The van der Waals surface area contributed by atoms with Gasteiger partial charge in [-0.2, -0.15) is 0 Å². The van der Waals surface area contributed by atoms with Gasteiger partial charge in [-0.25, -0.2) is 0 Å². The number of nitrogens with one attached hydrogen (secondary N) is 1. The third-order valence-corrected chi connectivity index (χ3v) is 5.84. The summed E-state index contributed by atoms with van der Waals surface area (Å²) in [7, 11) is 0. The summed E-state index contributed by atoms with van der Waals surface area (Å²) in [5.41, 5.74) is 3.67. The van der Waals surface area contributed by atoms with Crippen LogP contribution in [0, 0.1) is 0 Å². The number of likely N-dealkylation sites (tertiary alicyclic amines) is 1. The van der Waals surface area contributed by atoms with Crippen LogP contribution in [0.5, 0.6) is 0 Å². The monoisotopic (exact) mass is 391 g/mol. The molecule has 0 aromatic heterocycles. The Morgan fingerprint density at radius 1 is 0.862 bits per heavy atom. The summed E-state index contributed by atoms with van der Waals surface area (Å²) >= 11 is 0. The molecule has 0 spiro atoms. The molecule has 0 saturated carbocycles. The number of nitrogens with zero attached hydrogens (tertiary/aromatic N) is 2. The van der Waals surface area contributed by atoms with Crippen LogP contribution in [0.4, 0.5) is 5.69 Å². The summed E-state index contributed by atoms with van der Waals surface area (Å²) in [5, 5.41) is 3.01. The van der Waals surface area contributed by atoms with Crippen LogP contribution >= 0.6 is 0 Å². The Morgan fingerprint density at radius 2 is 1.59 bits per heavy atom. The highest BCUT2D eigenvalue weighted by Gasteiger charge is 2.25. The van der Waals surface area contributed by atoms with Crippen LogP contribution in [-0.2, 0) is 17.9 Å². The van der Waals surface area contributed by atoms with E-state index in [1.54, 1.807) is 11.0 Å². The largest absolute Gasteiger partial charge is 0.348 e. The van der Waals surface area contributed by atoms with E-state index in [4.69, 9.17) is 0 Å². The first-order valence-electron chi connectivity index (χ1n) is 10.7. The van der Waals surface area contributed by atoms with Crippen molar-refractivity contribution in [3.63, 3.8) is 0 Å². The lowest BCUT2D eigenvalue weighted by molar-refractivity contribution is -0.117. The van der Waals surface area contributed by atoms with Gasteiger partial charge < -0.3 is 10.2 Å². The first kappa shape index (κ1) is 19.6. The summed E-state index contributed by atoms with van der Waals surface area (Å²) < 4.78 is 0. The topological polar surface area (TPSA) is 52.7 Å². The molecule has 29 heavy (non-hydrogen) atoms. The second-order valence-electron chi connectivity index (χ2n) is 8.00. The summed E-state index contributed by atoms with van der Waals surface area (Å²) in [6, 6.07) is 15.9. The molecule has 0 atom stereocenters. The average molecular weight is 392 g/mol. The molecule has 0 unspecified atom stereocenters. The number of carbonyl (C=O) groups is 2. The van der Waals surface area contributed by atoms with E-state index < -0.39 is 0 Å². The number of amides is 2. The Kier molecular flexibility index (Phi) is 6.25. The zero-order chi connectivity index (χ0) is 20.1. The highest BCUT2D eigenvalue weighted by Crippen LogP contribution is 2.25. The van der Waals surface area contributed by atoms with Gasteiger partial charge in [0.1, 0.15) is 0 Å². The smallest absolute Gasteiger partial charge is 0.253 e. The number of para-hydroxylation sites is 1. The van der Waals surface area contributed by atoms with Gasteiger partial charge in [-0.3, -0.25) is 14.5 Å². The van der Waals surface area contributed by atoms with Gasteiger partial charge in [-0.05, 0) is 55.6 Å². The molecule has 0 bridgehead atoms. The molecule has 2 aliphatic rings. The fourth-order valence-corrected chi connectivity index (χ4v) is 4.22. The molecule has 2 saturated heterocycles. The molecule has 2 aliphatic heterocycles. The molecule has 1 N–H and O–H groups in total. The van der Waals surface area contributed by atoms with Crippen molar-refractivity contribution in [3.8, 4) is 0 Å². The third kappa shape index (κ3) is 4.85. The Morgan fingerprint density at radius 3 is 2.31 bits per heavy atom. The molecule has 4 rings (SSSR count). The van der Waals surface area contributed by atoms with Gasteiger partial charge in [0, 0.05) is 26.1 Å². The molecular weight excluding hydrogens is 362 g/mol. The first-order chi connectivity index (χ1) is 14.2. The Hall–Kier alpha value is -2.66. The van der Waals surface area contributed by atoms with Gasteiger partial charge in [0.2, 0.25) is 5.91 Å². The summed E-state index contributed by atoms with van der Waals surface area (Å²) in [6.07, 6.45) is 5.35. The van der Waals surface area contributed by atoms with E-state index in [0.29, 0.717) is 30.8 Å². The molecule has 2 amide bonds. The van der Waals surface area contributed by atoms with Crippen molar-refractivity contribution in [2.24, 2.45) is 0 Å². The molecular formula is C24H29N3O2. The first-order valence-corrected chi connectivity index (χ1v) is 10.7. The molecule has 2 heterocycles. The average Bonchev–Trinajstić information content (AvgIpc) is 3.19.